The molecule has 2 aromatic rings. The average molecular weight is 282 g/mol. The van der Waals surface area contributed by atoms with E-state index in [1.165, 1.54) is 11.3 Å². The second-order valence-corrected chi connectivity index (χ2v) is 8.00. The molecule has 2 N–H and O–H groups in total. The van der Waals surface area contributed by atoms with Crippen molar-refractivity contribution in [1.82, 2.24) is 4.98 Å². The number of nitrogens with two attached hydrogens (primary N) is 1. The molecule has 1 aliphatic rings. The van der Waals surface area contributed by atoms with E-state index in [4.69, 9.17) is 5.73 Å². The molecule has 96 valence electrons. The summed E-state index contributed by atoms with van der Waals surface area (Å²) in [5.41, 5.74) is 7.25. The molecule has 1 aromatic heterocycles. The van der Waals surface area contributed by atoms with Gasteiger partial charge in [0, 0.05) is 5.69 Å². The van der Waals surface area contributed by atoms with E-state index in [1.54, 1.807) is 6.07 Å². The summed E-state index contributed by atoms with van der Waals surface area (Å²) < 4.78 is 25.1. The van der Waals surface area contributed by atoms with Gasteiger partial charge in [-0.3, -0.25) is 0 Å². The molecule has 2 heterocycles. The maximum Gasteiger partial charge on any atom is 0.159 e. The van der Waals surface area contributed by atoms with Crippen LogP contribution in [0, 0.1) is 0 Å². The first kappa shape index (κ1) is 11.9. The Bertz CT molecular complexity index is 691. The van der Waals surface area contributed by atoms with Gasteiger partial charge in [0.25, 0.3) is 0 Å². The summed E-state index contributed by atoms with van der Waals surface area (Å²) in [6.07, 6.45) is 2.43. The molecule has 3 rings (SSSR count). The van der Waals surface area contributed by atoms with Crippen LogP contribution in [0.25, 0.3) is 10.2 Å². The van der Waals surface area contributed by atoms with E-state index < -0.39 is 15.1 Å². The van der Waals surface area contributed by atoms with Crippen molar-refractivity contribution in [2.45, 2.75) is 24.5 Å². The van der Waals surface area contributed by atoms with Gasteiger partial charge in [0.15, 0.2) is 9.84 Å². The van der Waals surface area contributed by atoms with Crippen molar-refractivity contribution in [2.24, 2.45) is 0 Å². The summed E-state index contributed by atoms with van der Waals surface area (Å²) >= 11 is 1.45. The molecule has 1 atom stereocenters. The molecule has 0 amide bonds. The Morgan fingerprint density at radius 2 is 2.17 bits per heavy atom. The van der Waals surface area contributed by atoms with Crippen LogP contribution >= 0.6 is 11.3 Å². The van der Waals surface area contributed by atoms with E-state index in [-0.39, 0.29) is 5.75 Å². The zero-order valence-electron chi connectivity index (χ0n) is 9.80. The Hall–Kier alpha value is -1.14. The zero-order chi connectivity index (χ0) is 12.8. The smallest absolute Gasteiger partial charge is 0.159 e. The van der Waals surface area contributed by atoms with Crippen molar-refractivity contribution in [1.29, 1.82) is 0 Å². The normalized spacial score (nSPS) is 23.2. The first-order valence-electron chi connectivity index (χ1n) is 5.94. The second kappa shape index (κ2) is 4.20. The number of nitrogens with zero attached hydrogens (tertiary/aromatic N) is 1. The average Bonchev–Trinajstić information content (AvgIpc) is 2.70. The van der Waals surface area contributed by atoms with Crippen molar-refractivity contribution in [3.63, 3.8) is 0 Å². The number of aromatic nitrogens is 1. The Kier molecular flexibility index (Phi) is 2.79. The summed E-state index contributed by atoms with van der Waals surface area (Å²) in [4.78, 5) is 4.46. The third-order valence-electron chi connectivity index (χ3n) is 3.28. The van der Waals surface area contributed by atoms with E-state index in [2.05, 4.69) is 4.98 Å². The highest BCUT2D eigenvalue weighted by atomic mass is 32.2. The Labute approximate surface area is 110 Å². The molecule has 0 spiro atoms. The van der Waals surface area contributed by atoms with Gasteiger partial charge >= 0.3 is 0 Å². The fraction of sp³-hybridized carbons (Fsp3) is 0.417. The minimum atomic E-state index is -3.02. The lowest BCUT2D eigenvalue weighted by atomic mass is 10.2. The first-order chi connectivity index (χ1) is 8.56. The van der Waals surface area contributed by atoms with Crippen LogP contribution in [0.4, 0.5) is 5.69 Å². The number of nitrogen functional groups attached to an aromatic ring is 1. The summed E-state index contributed by atoms with van der Waals surface area (Å²) in [6.45, 7) is 0. The van der Waals surface area contributed by atoms with E-state index in [0.29, 0.717) is 12.1 Å². The monoisotopic (exact) mass is 282 g/mol. The van der Waals surface area contributed by atoms with Crippen LogP contribution in [0.15, 0.2) is 18.2 Å². The van der Waals surface area contributed by atoms with E-state index >= 15 is 0 Å². The number of rotatable bonds is 1. The lowest BCUT2D eigenvalue weighted by Crippen LogP contribution is -2.21. The Morgan fingerprint density at radius 3 is 2.94 bits per heavy atom. The quantitative estimate of drug-likeness (QED) is 0.816. The molecule has 1 aromatic carbocycles. The van der Waals surface area contributed by atoms with Crippen LogP contribution in [0.5, 0.6) is 0 Å². The lowest BCUT2D eigenvalue weighted by molar-refractivity contribution is 0.545. The second-order valence-electron chi connectivity index (χ2n) is 4.63. The topological polar surface area (TPSA) is 73.0 Å². The highest BCUT2D eigenvalue weighted by molar-refractivity contribution is 7.91. The van der Waals surface area contributed by atoms with Gasteiger partial charge in [0.2, 0.25) is 0 Å². The molecular formula is C12H14N2O2S2. The van der Waals surface area contributed by atoms with Gasteiger partial charge in [-0.25, -0.2) is 13.4 Å². The summed E-state index contributed by atoms with van der Waals surface area (Å²) in [7, 11) is -3.02. The summed E-state index contributed by atoms with van der Waals surface area (Å²) in [5, 5.41) is 0.306. The van der Waals surface area contributed by atoms with Crippen LogP contribution in [0.3, 0.4) is 0 Å². The highest BCUT2D eigenvalue weighted by Crippen LogP contribution is 2.37. The number of benzene rings is 1. The fourth-order valence-electron chi connectivity index (χ4n) is 2.33. The highest BCUT2D eigenvalue weighted by Gasteiger charge is 2.32. The SMILES string of the molecule is Nc1ccc2nc(C3CCCCS3(=O)=O)sc2c1. The number of anilines is 1. The van der Waals surface area contributed by atoms with Crippen molar-refractivity contribution in [3.8, 4) is 0 Å². The molecule has 1 unspecified atom stereocenters. The van der Waals surface area contributed by atoms with Crippen LogP contribution in [0.1, 0.15) is 29.5 Å². The van der Waals surface area contributed by atoms with Gasteiger partial charge in [0.05, 0.1) is 16.0 Å². The lowest BCUT2D eigenvalue weighted by Gasteiger charge is -2.19. The van der Waals surface area contributed by atoms with Gasteiger partial charge in [-0.2, -0.15) is 0 Å². The molecule has 0 radical (unpaired) electrons. The molecule has 18 heavy (non-hydrogen) atoms. The van der Waals surface area contributed by atoms with E-state index in [1.807, 2.05) is 12.1 Å². The molecular weight excluding hydrogens is 268 g/mol. The number of sulfone groups is 1. The van der Waals surface area contributed by atoms with Crippen LogP contribution in [-0.2, 0) is 9.84 Å². The standard InChI is InChI=1S/C12H14N2O2S2/c13-8-4-5-9-10(7-8)17-12(14-9)11-3-1-2-6-18(11,15)16/h4-5,7,11H,1-3,6,13H2. The van der Waals surface area contributed by atoms with Gasteiger partial charge in [-0.05, 0) is 31.0 Å². The van der Waals surface area contributed by atoms with Crippen LogP contribution < -0.4 is 5.73 Å². The zero-order valence-corrected chi connectivity index (χ0v) is 11.4. The Morgan fingerprint density at radius 1 is 1.33 bits per heavy atom. The third-order valence-corrected chi connectivity index (χ3v) is 6.75. The van der Waals surface area contributed by atoms with Crippen molar-refractivity contribution in [2.75, 3.05) is 11.5 Å². The molecule has 1 saturated heterocycles. The first-order valence-corrected chi connectivity index (χ1v) is 8.47. The van der Waals surface area contributed by atoms with Gasteiger partial charge in [-0.1, -0.05) is 6.42 Å². The van der Waals surface area contributed by atoms with Crippen molar-refractivity contribution in [3.05, 3.63) is 23.2 Å². The van der Waals surface area contributed by atoms with Gasteiger partial charge < -0.3 is 5.73 Å². The largest absolute Gasteiger partial charge is 0.399 e. The van der Waals surface area contributed by atoms with Crippen molar-refractivity contribution < 1.29 is 8.42 Å². The molecule has 0 aliphatic carbocycles. The fourth-order valence-corrected chi connectivity index (χ4v) is 5.72. The predicted octanol–water partition coefficient (Wildman–Crippen LogP) is 2.52. The molecule has 6 heteroatoms. The molecule has 1 fully saturated rings. The predicted molar refractivity (Wildman–Crippen MR) is 74.4 cm³/mol. The van der Waals surface area contributed by atoms with E-state index in [9.17, 15) is 8.42 Å². The maximum absolute atomic E-state index is 12.1. The van der Waals surface area contributed by atoms with Gasteiger partial charge in [0.1, 0.15) is 10.3 Å². The maximum atomic E-state index is 12.1. The number of thiazole rings is 1. The Balaban J connectivity index is 2.08. The number of hydrogen-bond donors (Lipinski definition) is 1. The third kappa shape index (κ3) is 1.99. The molecule has 4 nitrogen and oxygen atoms in total. The molecule has 0 bridgehead atoms. The minimum absolute atomic E-state index is 0.287. The minimum Gasteiger partial charge on any atom is -0.399 e. The van der Waals surface area contributed by atoms with Crippen LogP contribution in [-0.4, -0.2) is 19.2 Å². The van der Waals surface area contributed by atoms with Gasteiger partial charge in [-0.15, -0.1) is 11.3 Å². The summed E-state index contributed by atoms with van der Waals surface area (Å²) in [5.74, 6) is 0.287. The summed E-state index contributed by atoms with van der Waals surface area (Å²) in [6, 6.07) is 5.49. The van der Waals surface area contributed by atoms with E-state index in [0.717, 1.165) is 28.1 Å². The van der Waals surface area contributed by atoms with Crippen LogP contribution in [0.2, 0.25) is 0 Å². The molecule has 1 aliphatic heterocycles. The van der Waals surface area contributed by atoms with Crippen molar-refractivity contribution >= 4 is 37.1 Å². The number of fused-ring (bicyclic) bond motifs is 1. The molecule has 0 saturated carbocycles. The number of hydrogen-bond acceptors (Lipinski definition) is 5.